The van der Waals surface area contributed by atoms with E-state index in [9.17, 15) is 0 Å². The molecule has 9 aromatic rings. The molecule has 4 heteroatoms. The quantitative estimate of drug-likeness (QED) is 0.183. The zero-order valence-corrected chi connectivity index (χ0v) is 28.6. The fraction of sp³-hybridized carbons (Fsp3) is 0.0625. The number of rotatable bonds is 5. The second-order valence-corrected chi connectivity index (χ2v) is 13.9. The zero-order valence-electron chi connectivity index (χ0n) is 28.6. The van der Waals surface area contributed by atoms with E-state index in [4.69, 9.17) is 19.4 Å². The molecular weight excluding hydrogens is 635 g/mol. The SMILES string of the molecule is CC1(c2ccc3c(c2)oc2cccc(-c4ccc(-c5nc(-c6ccccc6)nc(-c6ccccc6)n5)c5ccccc45)c23)C=Cc2ccccc2C1. The molecule has 4 nitrogen and oxygen atoms in total. The Morgan fingerprint density at radius 3 is 1.88 bits per heavy atom. The Labute approximate surface area is 301 Å². The maximum Gasteiger partial charge on any atom is 0.164 e. The van der Waals surface area contributed by atoms with Crippen LogP contribution in [0.5, 0.6) is 0 Å². The van der Waals surface area contributed by atoms with E-state index in [1.807, 2.05) is 60.7 Å². The number of fused-ring (bicyclic) bond motifs is 5. The molecular formula is C48H33N3O. The molecule has 0 saturated heterocycles. The van der Waals surface area contributed by atoms with Crippen LogP contribution in [0.1, 0.15) is 23.6 Å². The fourth-order valence-corrected chi connectivity index (χ4v) is 7.85. The molecule has 0 spiro atoms. The van der Waals surface area contributed by atoms with Crippen molar-refractivity contribution >= 4 is 38.8 Å². The number of aromatic nitrogens is 3. The number of allylic oxidation sites excluding steroid dienone is 1. The van der Waals surface area contributed by atoms with E-state index < -0.39 is 0 Å². The fourth-order valence-electron chi connectivity index (χ4n) is 7.85. The molecule has 1 aliphatic carbocycles. The van der Waals surface area contributed by atoms with Gasteiger partial charge in [-0.15, -0.1) is 0 Å². The predicted molar refractivity (Wildman–Crippen MR) is 213 cm³/mol. The maximum atomic E-state index is 6.63. The van der Waals surface area contributed by atoms with E-state index in [1.54, 1.807) is 0 Å². The number of benzene rings is 7. The summed E-state index contributed by atoms with van der Waals surface area (Å²) in [4.78, 5) is 15.0. The molecule has 0 bridgehead atoms. The van der Waals surface area contributed by atoms with Gasteiger partial charge in [-0.2, -0.15) is 0 Å². The third kappa shape index (κ3) is 5.03. The van der Waals surface area contributed by atoms with E-state index in [0.29, 0.717) is 17.5 Å². The molecule has 7 aromatic carbocycles. The zero-order chi connectivity index (χ0) is 34.6. The Morgan fingerprint density at radius 1 is 0.500 bits per heavy atom. The summed E-state index contributed by atoms with van der Waals surface area (Å²) in [7, 11) is 0. The minimum atomic E-state index is -0.119. The van der Waals surface area contributed by atoms with Crippen molar-refractivity contribution in [1.29, 1.82) is 0 Å². The topological polar surface area (TPSA) is 51.8 Å². The first kappa shape index (κ1) is 30.2. The maximum absolute atomic E-state index is 6.63. The number of hydrogen-bond donors (Lipinski definition) is 0. The normalized spacial score (nSPS) is 15.3. The lowest BCUT2D eigenvalue weighted by Crippen LogP contribution is -2.24. The molecule has 2 heterocycles. The summed E-state index contributed by atoms with van der Waals surface area (Å²) in [5.41, 5.74) is 10.7. The first-order valence-electron chi connectivity index (χ1n) is 17.7. The summed E-state index contributed by atoms with van der Waals surface area (Å²) in [6.07, 6.45) is 5.56. The van der Waals surface area contributed by atoms with Crippen molar-refractivity contribution in [2.75, 3.05) is 0 Å². The Morgan fingerprint density at radius 2 is 1.13 bits per heavy atom. The Hall–Kier alpha value is -6.65. The molecule has 52 heavy (non-hydrogen) atoms. The van der Waals surface area contributed by atoms with Gasteiger partial charge in [-0.05, 0) is 63.2 Å². The van der Waals surface area contributed by atoms with Crippen molar-refractivity contribution in [3.63, 3.8) is 0 Å². The summed E-state index contributed by atoms with van der Waals surface area (Å²) in [5.74, 6) is 1.93. The van der Waals surface area contributed by atoms with Gasteiger partial charge in [0.2, 0.25) is 0 Å². The first-order chi connectivity index (χ1) is 25.6. The lowest BCUT2D eigenvalue weighted by molar-refractivity contribution is 0.585. The van der Waals surface area contributed by atoms with Crippen LogP contribution in [0.15, 0.2) is 168 Å². The van der Waals surface area contributed by atoms with Crippen molar-refractivity contribution in [3.8, 4) is 45.3 Å². The monoisotopic (exact) mass is 667 g/mol. The van der Waals surface area contributed by atoms with Crippen LogP contribution in [0.4, 0.5) is 0 Å². The minimum Gasteiger partial charge on any atom is -0.456 e. The average molecular weight is 668 g/mol. The van der Waals surface area contributed by atoms with Gasteiger partial charge in [-0.3, -0.25) is 0 Å². The van der Waals surface area contributed by atoms with Crippen LogP contribution in [0.25, 0.3) is 84.1 Å². The molecule has 0 aliphatic heterocycles. The molecule has 1 aliphatic rings. The van der Waals surface area contributed by atoms with Crippen molar-refractivity contribution in [3.05, 3.63) is 180 Å². The molecule has 1 unspecified atom stereocenters. The summed E-state index contributed by atoms with van der Waals surface area (Å²) in [6.45, 7) is 2.32. The lowest BCUT2D eigenvalue weighted by Gasteiger charge is -2.31. The van der Waals surface area contributed by atoms with E-state index in [-0.39, 0.29) is 5.41 Å². The second-order valence-electron chi connectivity index (χ2n) is 13.9. The second kappa shape index (κ2) is 12.0. The van der Waals surface area contributed by atoms with Crippen molar-refractivity contribution in [1.82, 2.24) is 15.0 Å². The predicted octanol–water partition coefficient (Wildman–Crippen LogP) is 12.1. The van der Waals surface area contributed by atoms with Crippen LogP contribution in [0.3, 0.4) is 0 Å². The summed E-state index contributed by atoms with van der Waals surface area (Å²) < 4.78 is 6.63. The Kier molecular flexibility index (Phi) is 6.97. The third-order valence-corrected chi connectivity index (χ3v) is 10.6. The van der Waals surface area contributed by atoms with Crippen LogP contribution in [-0.4, -0.2) is 15.0 Å². The Bertz CT molecular complexity index is 2780. The van der Waals surface area contributed by atoms with Crippen molar-refractivity contribution in [2.45, 2.75) is 18.8 Å². The highest BCUT2D eigenvalue weighted by molar-refractivity contribution is 6.16. The van der Waals surface area contributed by atoms with Crippen molar-refractivity contribution < 1.29 is 4.42 Å². The number of furan rings is 1. The van der Waals surface area contributed by atoms with Gasteiger partial charge in [0.15, 0.2) is 17.5 Å². The summed E-state index contributed by atoms with van der Waals surface area (Å²) >= 11 is 0. The third-order valence-electron chi connectivity index (χ3n) is 10.6. The molecule has 0 N–H and O–H groups in total. The van der Waals surface area contributed by atoms with Crippen LogP contribution in [-0.2, 0) is 11.8 Å². The standard InChI is InChI=1S/C48H33N3O/c1-48(28-27-31-13-8-9-18-34(31)30-48)35-23-24-41-43(29-35)52-42-22-12-21-39(44(41)42)38-25-26-40(37-20-11-10-19-36(37)38)47-50-45(32-14-4-2-5-15-32)49-46(51-47)33-16-6-3-7-17-33/h2-29H,30H2,1H3. The van der Waals surface area contributed by atoms with E-state index in [0.717, 1.165) is 66.9 Å². The molecule has 0 amide bonds. The van der Waals surface area contributed by atoms with Crippen LogP contribution < -0.4 is 0 Å². The summed E-state index contributed by atoms with van der Waals surface area (Å²) in [6, 6.07) is 55.0. The Balaban J connectivity index is 1.12. The average Bonchev–Trinajstić information content (AvgIpc) is 3.59. The smallest absolute Gasteiger partial charge is 0.164 e. The van der Waals surface area contributed by atoms with Crippen LogP contribution in [0, 0.1) is 0 Å². The van der Waals surface area contributed by atoms with E-state index >= 15 is 0 Å². The van der Waals surface area contributed by atoms with Gasteiger partial charge in [0.05, 0.1) is 0 Å². The highest BCUT2D eigenvalue weighted by atomic mass is 16.3. The van der Waals surface area contributed by atoms with E-state index in [2.05, 4.69) is 116 Å². The summed E-state index contributed by atoms with van der Waals surface area (Å²) in [5, 5.41) is 4.44. The van der Waals surface area contributed by atoms with Gasteiger partial charge in [0.1, 0.15) is 11.2 Å². The van der Waals surface area contributed by atoms with Gasteiger partial charge in [0.25, 0.3) is 0 Å². The number of hydrogen-bond acceptors (Lipinski definition) is 4. The van der Waals surface area contributed by atoms with Gasteiger partial charge < -0.3 is 4.42 Å². The largest absolute Gasteiger partial charge is 0.456 e. The molecule has 10 rings (SSSR count). The highest BCUT2D eigenvalue weighted by Gasteiger charge is 2.29. The van der Waals surface area contributed by atoms with Gasteiger partial charge in [-0.1, -0.05) is 159 Å². The molecule has 1 atom stereocenters. The highest BCUT2D eigenvalue weighted by Crippen LogP contribution is 2.43. The molecule has 0 fully saturated rings. The lowest BCUT2D eigenvalue weighted by atomic mass is 9.73. The molecule has 0 radical (unpaired) electrons. The van der Waals surface area contributed by atoms with Gasteiger partial charge in [0, 0.05) is 32.9 Å². The molecule has 246 valence electrons. The number of nitrogens with zero attached hydrogens (tertiary/aromatic N) is 3. The van der Waals surface area contributed by atoms with Crippen LogP contribution in [0.2, 0.25) is 0 Å². The van der Waals surface area contributed by atoms with Gasteiger partial charge >= 0.3 is 0 Å². The van der Waals surface area contributed by atoms with Crippen LogP contribution >= 0.6 is 0 Å². The minimum absolute atomic E-state index is 0.119. The van der Waals surface area contributed by atoms with Crippen molar-refractivity contribution in [2.24, 2.45) is 0 Å². The first-order valence-corrected chi connectivity index (χ1v) is 17.7. The molecule has 0 saturated carbocycles. The van der Waals surface area contributed by atoms with E-state index in [1.165, 1.54) is 16.7 Å². The molecule has 2 aromatic heterocycles. The van der Waals surface area contributed by atoms with Gasteiger partial charge in [-0.25, -0.2) is 15.0 Å².